The first kappa shape index (κ1) is 12.3. The van der Waals surface area contributed by atoms with Crippen molar-refractivity contribution in [1.82, 2.24) is 5.32 Å². The quantitative estimate of drug-likeness (QED) is 0.742. The maximum atomic E-state index is 11.8. The van der Waals surface area contributed by atoms with E-state index >= 15 is 0 Å². The zero-order valence-electron chi connectivity index (χ0n) is 8.18. The van der Waals surface area contributed by atoms with Gasteiger partial charge >= 0.3 is 12.1 Å². The molecule has 2 unspecified atom stereocenters. The smallest absolute Gasteiger partial charge is 0.393 e. The van der Waals surface area contributed by atoms with Gasteiger partial charge in [0.25, 0.3) is 0 Å². The van der Waals surface area contributed by atoms with Gasteiger partial charge < -0.3 is 10.4 Å². The monoisotopic (exact) mass is 225 g/mol. The summed E-state index contributed by atoms with van der Waals surface area (Å²) < 4.78 is 35.5. The molecule has 0 aromatic carbocycles. The van der Waals surface area contributed by atoms with E-state index in [1.54, 1.807) is 0 Å². The van der Waals surface area contributed by atoms with Gasteiger partial charge in [0.15, 0.2) is 0 Å². The van der Waals surface area contributed by atoms with Gasteiger partial charge in [0.05, 0.1) is 6.10 Å². The third-order valence-corrected chi connectivity index (χ3v) is 2.56. The van der Waals surface area contributed by atoms with Crippen LogP contribution < -0.4 is 5.32 Å². The Balaban J connectivity index is 2.28. The molecular formula is C9H14F3NO2. The number of halogens is 3. The van der Waals surface area contributed by atoms with E-state index in [0.29, 0.717) is 12.8 Å². The minimum Gasteiger partial charge on any atom is -0.393 e. The van der Waals surface area contributed by atoms with E-state index in [2.05, 4.69) is 0 Å². The summed E-state index contributed by atoms with van der Waals surface area (Å²) in [6.45, 7) is -0.00456. The number of hydrogen-bond acceptors (Lipinski definition) is 2. The van der Waals surface area contributed by atoms with Crippen LogP contribution in [-0.2, 0) is 4.79 Å². The van der Waals surface area contributed by atoms with Crippen LogP contribution in [0, 0.1) is 5.92 Å². The molecule has 2 atom stereocenters. The van der Waals surface area contributed by atoms with Gasteiger partial charge in [-0.25, -0.2) is 0 Å². The van der Waals surface area contributed by atoms with Crippen molar-refractivity contribution in [3.05, 3.63) is 0 Å². The predicted molar refractivity (Wildman–Crippen MR) is 47.0 cm³/mol. The second kappa shape index (κ2) is 4.83. The normalized spacial score (nSPS) is 27.5. The van der Waals surface area contributed by atoms with Crippen molar-refractivity contribution in [2.24, 2.45) is 5.92 Å². The minimum absolute atomic E-state index is 0.00456. The molecule has 0 radical (unpaired) electrons. The summed E-state index contributed by atoms with van der Waals surface area (Å²) in [6.07, 6.45) is -2.52. The molecule has 6 heteroatoms. The van der Waals surface area contributed by atoms with Crippen molar-refractivity contribution in [1.29, 1.82) is 0 Å². The molecule has 0 aromatic heterocycles. The fourth-order valence-electron chi connectivity index (χ4n) is 1.79. The van der Waals surface area contributed by atoms with Crippen molar-refractivity contribution in [2.45, 2.75) is 38.0 Å². The number of aliphatic hydroxyl groups excluding tert-OH is 1. The van der Waals surface area contributed by atoms with Gasteiger partial charge in [0.2, 0.25) is 0 Å². The lowest BCUT2D eigenvalue weighted by Gasteiger charge is -2.25. The summed E-state index contributed by atoms with van der Waals surface area (Å²) in [5.74, 6) is -1.94. The fraction of sp³-hybridized carbons (Fsp3) is 0.889. The van der Waals surface area contributed by atoms with Gasteiger partial charge in [-0.2, -0.15) is 13.2 Å². The first-order valence-electron chi connectivity index (χ1n) is 4.92. The van der Waals surface area contributed by atoms with Crippen LogP contribution in [-0.4, -0.2) is 29.8 Å². The molecule has 0 aromatic rings. The van der Waals surface area contributed by atoms with Crippen LogP contribution in [0.2, 0.25) is 0 Å². The van der Waals surface area contributed by atoms with E-state index in [-0.39, 0.29) is 12.5 Å². The molecule has 1 amide bonds. The number of carbonyl (C=O) groups excluding carboxylic acids is 1. The fourth-order valence-corrected chi connectivity index (χ4v) is 1.79. The van der Waals surface area contributed by atoms with Crippen LogP contribution in [0.4, 0.5) is 13.2 Å². The van der Waals surface area contributed by atoms with Gasteiger partial charge in [-0.3, -0.25) is 4.79 Å². The van der Waals surface area contributed by atoms with Crippen molar-refractivity contribution in [2.75, 3.05) is 6.54 Å². The zero-order chi connectivity index (χ0) is 11.5. The number of alkyl halides is 3. The summed E-state index contributed by atoms with van der Waals surface area (Å²) >= 11 is 0. The van der Waals surface area contributed by atoms with Gasteiger partial charge in [0, 0.05) is 6.54 Å². The summed E-state index contributed by atoms with van der Waals surface area (Å²) in [4.78, 5) is 10.5. The molecule has 1 saturated carbocycles. The van der Waals surface area contributed by atoms with Crippen LogP contribution in [0.3, 0.4) is 0 Å². The third-order valence-electron chi connectivity index (χ3n) is 2.56. The Morgan fingerprint density at radius 1 is 1.40 bits per heavy atom. The highest BCUT2D eigenvalue weighted by molar-refractivity contribution is 5.81. The Hall–Kier alpha value is -0.780. The summed E-state index contributed by atoms with van der Waals surface area (Å²) in [6, 6.07) is 0. The lowest BCUT2D eigenvalue weighted by Crippen LogP contribution is -2.40. The van der Waals surface area contributed by atoms with E-state index in [1.165, 1.54) is 0 Å². The molecule has 88 valence electrons. The maximum Gasteiger partial charge on any atom is 0.471 e. The van der Waals surface area contributed by atoms with Crippen LogP contribution in [0.5, 0.6) is 0 Å². The molecule has 1 fully saturated rings. The van der Waals surface area contributed by atoms with Crippen LogP contribution >= 0.6 is 0 Å². The standard InChI is InChI=1S/C9H14F3NO2/c10-9(11,12)8(15)13-5-6-2-1-3-7(14)4-6/h6-7,14H,1-5H2,(H,13,15). The molecule has 2 N–H and O–H groups in total. The Morgan fingerprint density at radius 2 is 2.07 bits per heavy atom. The zero-order valence-corrected chi connectivity index (χ0v) is 8.18. The highest BCUT2D eigenvalue weighted by Crippen LogP contribution is 2.24. The van der Waals surface area contributed by atoms with Crippen LogP contribution in [0.1, 0.15) is 25.7 Å². The molecule has 0 aliphatic heterocycles. The summed E-state index contributed by atoms with van der Waals surface area (Å²) in [5.41, 5.74) is 0. The van der Waals surface area contributed by atoms with Crippen LogP contribution in [0.15, 0.2) is 0 Å². The third kappa shape index (κ3) is 4.07. The highest BCUT2D eigenvalue weighted by Gasteiger charge is 2.38. The molecular weight excluding hydrogens is 211 g/mol. The van der Waals surface area contributed by atoms with E-state index in [0.717, 1.165) is 12.8 Å². The molecule has 0 saturated heterocycles. The second-order valence-corrected chi connectivity index (χ2v) is 3.89. The molecule has 3 nitrogen and oxygen atoms in total. The van der Waals surface area contributed by atoms with Gasteiger partial charge in [-0.05, 0) is 25.2 Å². The van der Waals surface area contributed by atoms with Crippen LogP contribution in [0.25, 0.3) is 0 Å². The lowest BCUT2D eigenvalue weighted by atomic mass is 9.87. The Bertz CT molecular complexity index is 230. The molecule has 0 bridgehead atoms. The minimum atomic E-state index is -4.81. The predicted octanol–water partition coefficient (Wildman–Crippen LogP) is 1.22. The molecule has 0 heterocycles. The SMILES string of the molecule is O=C(NCC1CCCC(O)C1)C(F)(F)F. The molecule has 1 aliphatic carbocycles. The van der Waals surface area contributed by atoms with Crippen molar-refractivity contribution in [3.63, 3.8) is 0 Å². The number of rotatable bonds is 2. The average molecular weight is 225 g/mol. The highest BCUT2D eigenvalue weighted by atomic mass is 19.4. The van der Waals surface area contributed by atoms with E-state index in [4.69, 9.17) is 0 Å². The summed E-state index contributed by atoms with van der Waals surface area (Å²) in [7, 11) is 0. The first-order chi connectivity index (χ1) is 6.89. The molecule has 1 aliphatic rings. The number of amides is 1. The van der Waals surface area contributed by atoms with E-state index in [1.807, 2.05) is 5.32 Å². The number of aliphatic hydroxyl groups is 1. The largest absolute Gasteiger partial charge is 0.471 e. The molecule has 15 heavy (non-hydrogen) atoms. The Labute approximate surface area is 85.7 Å². The number of hydrogen-bond donors (Lipinski definition) is 2. The lowest BCUT2D eigenvalue weighted by molar-refractivity contribution is -0.173. The van der Waals surface area contributed by atoms with E-state index < -0.39 is 18.2 Å². The van der Waals surface area contributed by atoms with Crippen molar-refractivity contribution >= 4 is 5.91 Å². The topological polar surface area (TPSA) is 49.3 Å². The number of carbonyl (C=O) groups is 1. The Kier molecular flexibility index (Phi) is 3.96. The average Bonchev–Trinajstić information content (AvgIpc) is 2.12. The number of nitrogens with one attached hydrogen (secondary N) is 1. The molecule has 1 rings (SSSR count). The summed E-state index contributed by atoms with van der Waals surface area (Å²) in [5, 5.41) is 11.1. The van der Waals surface area contributed by atoms with E-state index in [9.17, 15) is 23.1 Å². The maximum absolute atomic E-state index is 11.8. The van der Waals surface area contributed by atoms with Crippen molar-refractivity contribution < 1.29 is 23.1 Å². The van der Waals surface area contributed by atoms with Gasteiger partial charge in [-0.15, -0.1) is 0 Å². The Morgan fingerprint density at radius 3 is 2.60 bits per heavy atom. The molecule has 0 spiro atoms. The van der Waals surface area contributed by atoms with Gasteiger partial charge in [-0.1, -0.05) is 6.42 Å². The second-order valence-electron chi connectivity index (χ2n) is 3.89. The van der Waals surface area contributed by atoms with Crippen molar-refractivity contribution in [3.8, 4) is 0 Å². The first-order valence-corrected chi connectivity index (χ1v) is 4.92. The van der Waals surface area contributed by atoms with Gasteiger partial charge in [0.1, 0.15) is 0 Å².